The minimum Gasteiger partial charge on any atom is -0.457 e. The summed E-state index contributed by atoms with van der Waals surface area (Å²) in [5.41, 5.74) is 0. The first-order valence-electron chi connectivity index (χ1n) is 20.8. The summed E-state index contributed by atoms with van der Waals surface area (Å²) < 4.78 is 33.3. The summed E-state index contributed by atoms with van der Waals surface area (Å²) in [5, 5.41) is 18.3. The topological polar surface area (TPSA) is 132 Å². The van der Waals surface area contributed by atoms with Crippen LogP contribution in [0.3, 0.4) is 0 Å². The number of hydrogen-bond acceptors (Lipinski definition) is 8. The molecule has 0 aromatic carbocycles. The number of aliphatic hydroxyl groups excluding tert-OH is 2. The molecule has 0 saturated carbocycles. The van der Waals surface area contributed by atoms with Crippen LogP contribution in [0.2, 0.25) is 0 Å². The van der Waals surface area contributed by atoms with Gasteiger partial charge >= 0.3 is 13.8 Å². The highest BCUT2D eigenvalue weighted by Crippen LogP contribution is 2.43. The molecule has 0 amide bonds. The quantitative estimate of drug-likeness (QED) is 0.0242. The molecule has 0 aliphatic carbocycles. The first kappa shape index (κ1) is 49.9. The maximum atomic E-state index is 12.6. The van der Waals surface area contributed by atoms with Gasteiger partial charge in [0.15, 0.2) is 0 Å². The number of unbranched alkanes of at least 4 members (excludes halogenated alkanes) is 22. The van der Waals surface area contributed by atoms with Crippen LogP contribution < -0.4 is 0 Å². The lowest BCUT2D eigenvalue weighted by molar-refractivity contribution is -0.154. The van der Waals surface area contributed by atoms with Crippen molar-refractivity contribution in [2.24, 2.45) is 0 Å². The normalized spacial score (nSPS) is 14.4. The van der Waals surface area contributed by atoms with Gasteiger partial charge in [0.2, 0.25) is 0 Å². The highest BCUT2D eigenvalue weighted by molar-refractivity contribution is 7.47. The van der Waals surface area contributed by atoms with Crippen LogP contribution in [-0.4, -0.2) is 66.3 Å². The van der Waals surface area contributed by atoms with Crippen molar-refractivity contribution < 1.29 is 43.0 Å². The van der Waals surface area contributed by atoms with Crippen molar-refractivity contribution in [3.63, 3.8) is 0 Å². The fraction of sp³-hybridized carbons (Fsp3) is 0.878. The Labute approximate surface area is 313 Å². The summed E-state index contributed by atoms with van der Waals surface area (Å²) in [6.45, 7) is 3.47. The number of phosphoric ester groups is 1. The zero-order valence-corrected chi connectivity index (χ0v) is 33.7. The van der Waals surface area contributed by atoms with Crippen LogP contribution in [0, 0.1) is 0 Å². The highest BCUT2D eigenvalue weighted by Gasteiger charge is 2.26. The monoisotopic (exact) mass is 747 g/mol. The molecule has 0 aromatic heterocycles. The van der Waals surface area contributed by atoms with Gasteiger partial charge in [0.05, 0.1) is 26.4 Å². The molecule has 0 bridgehead atoms. The summed E-state index contributed by atoms with van der Waals surface area (Å²) >= 11 is 0. The van der Waals surface area contributed by atoms with E-state index in [1.54, 1.807) is 0 Å². The zero-order chi connectivity index (χ0) is 37.5. The Morgan fingerprint density at radius 1 is 0.608 bits per heavy atom. The number of carbonyl (C=O) groups is 1. The van der Waals surface area contributed by atoms with Gasteiger partial charge in [0.25, 0.3) is 0 Å². The van der Waals surface area contributed by atoms with Gasteiger partial charge in [-0.1, -0.05) is 167 Å². The van der Waals surface area contributed by atoms with E-state index < -0.39 is 33.2 Å². The van der Waals surface area contributed by atoms with E-state index in [1.807, 2.05) is 0 Å². The largest absolute Gasteiger partial charge is 0.472 e. The Bertz CT molecular complexity index is 851. The van der Waals surface area contributed by atoms with Gasteiger partial charge in [-0.15, -0.1) is 0 Å². The molecule has 0 saturated heterocycles. The van der Waals surface area contributed by atoms with Crippen molar-refractivity contribution in [1.29, 1.82) is 0 Å². The Morgan fingerprint density at radius 2 is 1.08 bits per heavy atom. The molecular weight excluding hydrogens is 667 g/mol. The SMILES string of the molecule is CCCC/C=C\C/C=C\CCCCCCCCOCC(COP(=O)(O)OCC(O)CO)OC(=O)CCCCCCCCCCCCCCCCC. The molecule has 0 aliphatic heterocycles. The van der Waals surface area contributed by atoms with Crippen molar-refractivity contribution in [2.45, 2.75) is 199 Å². The van der Waals surface area contributed by atoms with Crippen molar-refractivity contribution in [2.75, 3.05) is 33.0 Å². The van der Waals surface area contributed by atoms with E-state index >= 15 is 0 Å². The van der Waals surface area contributed by atoms with Gasteiger partial charge in [0.1, 0.15) is 12.2 Å². The summed E-state index contributed by atoms with van der Waals surface area (Å²) in [6.07, 6.45) is 38.4. The predicted octanol–water partition coefficient (Wildman–Crippen LogP) is 11.1. The Kier molecular flexibility index (Phi) is 37.9. The summed E-state index contributed by atoms with van der Waals surface area (Å²) in [6, 6.07) is 0. The molecular formula is C41H79O9P. The molecule has 51 heavy (non-hydrogen) atoms. The molecule has 0 aromatic rings. The summed E-state index contributed by atoms with van der Waals surface area (Å²) in [5.74, 6) is -0.385. The molecule has 0 aliphatic rings. The lowest BCUT2D eigenvalue weighted by Gasteiger charge is -2.20. The molecule has 0 radical (unpaired) electrons. The van der Waals surface area contributed by atoms with Crippen molar-refractivity contribution in [1.82, 2.24) is 0 Å². The number of esters is 1. The van der Waals surface area contributed by atoms with E-state index in [-0.39, 0.29) is 25.6 Å². The standard InChI is InChI=1S/C41H79O9P/c1-3-5-7-9-11-13-15-17-19-21-23-25-27-29-31-33-41(44)50-40(38-49-51(45,46)48-36-39(43)35-42)37-47-34-32-30-28-26-24-22-20-18-16-14-12-10-8-6-4-2/h10,12,16,18,39-40,42-43H,3-9,11,13-15,17,19-38H2,1-2H3,(H,45,46)/b12-10-,18-16-. The lowest BCUT2D eigenvalue weighted by Crippen LogP contribution is -2.29. The maximum absolute atomic E-state index is 12.6. The second kappa shape index (κ2) is 38.7. The van der Waals surface area contributed by atoms with Gasteiger partial charge in [-0.2, -0.15) is 0 Å². The second-order valence-corrected chi connectivity index (χ2v) is 15.5. The van der Waals surface area contributed by atoms with Gasteiger partial charge in [-0.05, 0) is 38.5 Å². The number of aliphatic hydroxyl groups is 2. The third-order valence-electron chi connectivity index (χ3n) is 8.89. The lowest BCUT2D eigenvalue weighted by atomic mass is 10.0. The number of carbonyl (C=O) groups excluding carboxylic acids is 1. The smallest absolute Gasteiger partial charge is 0.457 e. The Balaban J connectivity index is 4.19. The minimum absolute atomic E-state index is 0.0456. The van der Waals surface area contributed by atoms with E-state index in [0.717, 1.165) is 51.4 Å². The summed E-state index contributed by atoms with van der Waals surface area (Å²) in [7, 11) is -4.51. The second-order valence-electron chi connectivity index (χ2n) is 14.0. The van der Waals surface area contributed by atoms with E-state index in [2.05, 4.69) is 38.2 Å². The average molecular weight is 747 g/mol. The van der Waals surface area contributed by atoms with Crippen LogP contribution in [-0.2, 0) is 27.9 Å². The molecule has 3 atom stereocenters. The molecule has 10 heteroatoms. The first-order valence-corrected chi connectivity index (χ1v) is 22.3. The van der Waals surface area contributed by atoms with E-state index in [4.69, 9.17) is 23.6 Å². The average Bonchev–Trinajstić information content (AvgIpc) is 3.12. The van der Waals surface area contributed by atoms with Crippen molar-refractivity contribution in [3.05, 3.63) is 24.3 Å². The molecule has 3 unspecified atom stereocenters. The predicted molar refractivity (Wildman–Crippen MR) is 210 cm³/mol. The molecule has 302 valence electrons. The van der Waals surface area contributed by atoms with Gasteiger partial charge < -0.3 is 24.6 Å². The van der Waals surface area contributed by atoms with Crippen LogP contribution in [0.1, 0.15) is 187 Å². The van der Waals surface area contributed by atoms with Gasteiger partial charge in [-0.25, -0.2) is 4.57 Å². The number of rotatable bonds is 40. The molecule has 0 fully saturated rings. The van der Waals surface area contributed by atoms with Crippen LogP contribution in [0.5, 0.6) is 0 Å². The maximum Gasteiger partial charge on any atom is 0.472 e. The number of phosphoric acid groups is 1. The number of hydrogen-bond donors (Lipinski definition) is 3. The van der Waals surface area contributed by atoms with Crippen LogP contribution in [0.25, 0.3) is 0 Å². The van der Waals surface area contributed by atoms with Gasteiger partial charge in [-0.3, -0.25) is 13.8 Å². The molecule has 3 N–H and O–H groups in total. The molecule has 0 heterocycles. The molecule has 0 rings (SSSR count). The van der Waals surface area contributed by atoms with Crippen molar-refractivity contribution in [3.8, 4) is 0 Å². The Hall–Kier alpha value is -1.06. The fourth-order valence-corrected chi connectivity index (χ4v) is 6.46. The number of ether oxygens (including phenoxy) is 2. The minimum atomic E-state index is -4.51. The van der Waals surface area contributed by atoms with Gasteiger partial charge in [0, 0.05) is 13.0 Å². The van der Waals surface area contributed by atoms with E-state index in [0.29, 0.717) is 6.61 Å². The van der Waals surface area contributed by atoms with E-state index in [9.17, 15) is 19.4 Å². The van der Waals surface area contributed by atoms with Crippen LogP contribution in [0.15, 0.2) is 24.3 Å². The first-order chi connectivity index (χ1) is 24.8. The number of allylic oxidation sites excluding steroid dienone is 4. The fourth-order valence-electron chi connectivity index (χ4n) is 5.67. The third-order valence-corrected chi connectivity index (χ3v) is 9.84. The van der Waals surface area contributed by atoms with Crippen LogP contribution in [0.4, 0.5) is 0 Å². The third kappa shape index (κ3) is 38.5. The van der Waals surface area contributed by atoms with Crippen molar-refractivity contribution >= 4 is 13.8 Å². The Morgan fingerprint density at radius 3 is 1.63 bits per heavy atom. The van der Waals surface area contributed by atoms with E-state index in [1.165, 1.54) is 116 Å². The zero-order valence-electron chi connectivity index (χ0n) is 32.8. The summed E-state index contributed by atoms with van der Waals surface area (Å²) in [4.78, 5) is 22.5. The molecule has 0 spiro atoms. The molecule has 9 nitrogen and oxygen atoms in total. The highest BCUT2D eigenvalue weighted by atomic mass is 31.2. The van der Waals surface area contributed by atoms with Crippen LogP contribution >= 0.6 is 7.82 Å².